The van der Waals surface area contributed by atoms with Crippen LogP contribution in [0, 0.1) is 0 Å². The fourth-order valence-electron chi connectivity index (χ4n) is 1.32. The van der Waals surface area contributed by atoms with Crippen molar-refractivity contribution in [3.8, 4) is 0 Å². The fourth-order valence-corrected chi connectivity index (χ4v) is 1.43. The molecule has 0 heterocycles. The summed E-state index contributed by atoms with van der Waals surface area (Å²) in [4.78, 5) is 12.3. The number of aliphatic carboxylic acids is 1. The summed E-state index contributed by atoms with van der Waals surface area (Å²) in [5, 5.41) is 8.97. The quantitative estimate of drug-likeness (QED) is 0.669. The number of rotatable bonds is 4. The van der Waals surface area contributed by atoms with Crippen LogP contribution in [0.4, 0.5) is 5.69 Å². The summed E-state index contributed by atoms with van der Waals surface area (Å²) in [6, 6.07) is 6.39. The van der Waals surface area contributed by atoms with Crippen molar-refractivity contribution >= 4 is 29.0 Å². The maximum Gasteiger partial charge on any atom is 0.320 e. The van der Waals surface area contributed by atoms with Crippen LogP contribution in [0.1, 0.15) is 5.56 Å². The van der Waals surface area contributed by atoms with Crippen molar-refractivity contribution < 1.29 is 9.90 Å². The van der Waals surface area contributed by atoms with Gasteiger partial charge in [-0.3, -0.25) is 4.79 Å². The van der Waals surface area contributed by atoms with Crippen LogP contribution in [0.25, 0.3) is 0 Å². The molecule has 0 bridgehead atoms. The van der Waals surface area contributed by atoms with E-state index in [1.54, 1.807) is 11.9 Å². The van der Waals surface area contributed by atoms with Crippen LogP contribution in [0.15, 0.2) is 24.3 Å². The van der Waals surface area contributed by atoms with Gasteiger partial charge in [0.05, 0.1) is 0 Å². The third kappa shape index (κ3) is 3.69. The lowest BCUT2D eigenvalue weighted by atomic mass is 10.1. The summed E-state index contributed by atoms with van der Waals surface area (Å²) in [6.45, 7) is 0. The summed E-state index contributed by atoms with van der Waals surface area (Å²) < 4.78 is 0. The molecule has 0 aliphatic heterocycles. The number of carboxylic acids is 1. The lowest BCUT2D eigenvalue weighted by Gasteiger charge is -2.17. The Morgan fingerprint density at radius 2 is 2.00 bits per heavy atom. The monoisotopic (exact) mass is 253 g/mol. The number of nitrogens with two attached hydrogens (primary N) is 2. The van der Waals surface area contributed by atoms with E-state index in [1.165, 1.54) is 0 Å². The van der Waals surface area contributed by atoms with Gasteiger partial charge in [-0.05, 0) is 36.3 Å². The highest BCUT2D eigenvalue weighted by Gasteiger charge is 2.12. The number of thiocarbonyl (C=S) groups is 1. The van der Waals surface area contributed by atoms with Crippen molar-refractivity contribution in [2.24, 2.45) is 11.5 Å². The summed E-state index contributed by atoms with van der Waals surface area (Å²) >= 11 is 4.84. The molecule has 1 aromatic carbocycles. The van der Waals surface area contributed by atoms with Crippen molar-refractivity contribution in [1.29, 1.82) is 0 Å². The van der Waals surface area contributed by atoms with Crippen LogP contribution < -0.4 is 16.4 Å². The van der Waals surface area contributed by atoms with Crippen molar-refractivity contribution in [2.45, 2.75) is 12.5 Å². The molecule has 92 valence electrons. The Morgan fingerprint density at radius 3 is 2.41 bits per heavy atom. The SMILES string of the molecule is CN(C(N)=S)c1ccc(C[C@H](N)C(=O)O)cc1. The molecule has 0 saturated heterocycles. The second-order valence-electron chi connectivity index (χ2n) is 3.71. The molecule has 5 N–H and O–H groups in total. The molecule has 6 heteroatoms. The van der Waals surface area contributed by atoms with E-state index in [9.17, 15) is 4.79 Å². The number of benzene rings is 1. The molecule has 0 unspecified atom stereocenters. The molecule has 1 aromatic rings. The maximum absolute atomic E-state index is 10.6. The fraction of sp³-hybridized carbons (Fsp3) is 0.273. The van der Waals surface area contributed by atoms with Crippen LogP contribution in [0.3, 0.4) is 0 Å². The first kappa shape index (κ1) is 13.4. The van der Waals surface area contributed by atoms with Crippen molar-refractivity contribution in [3.05, 3.63) is 29.8 Å². The maximum atomic E-state index is 10.6. The first-order valence-corrected chi connectivity index (χ1v) is 5.43. The second kappa shape index (κ2) is 5.60. The van der Waals surface area contributed by atoms with Gasteiger partial charge in [-0.25, -0.2) is 0 Å². The van der Waals surface area contributed by atoms with Gasteiger partial charge in [0.1, 0.15) is 6.04 Å². The Hall–Kier alpha value is -1.66. The average Bonchev–Trinajstić information content (AvgIpc) is 2.28. The third-order valence-electron chi connectivity index (χ3n) is 2.43. The minimum atomic E-state index is -1.01. The highest BCUT2D eigenvalue weighted by molar-refractivity contribution is 7.80. The minimum Gasteiger partial charge on any atom is -0.480 e. The van der Waals surface area contributed by atoms with Gasteiger partial charge < -0.3 is 21.5 Å². The van der Waals surface area contributed by atoms with Gasteiger partial charge in [0.15, 0.2) is 5.11 Å². The predicted molar refractivity (Wildman–Crippen MR) is 70.9 cm³/mol. The summed E-state index contributed by atoms with van der Waals surface area (Å²) in [6.07, 6.45) is 0.298. The number of hydrogen-bond acceptors (Lipinski definition) is 3. The molecular weight excluding hydrogens is 238 g/mol. The van der Waals surface area contributed by atoms with Crippen LogP contribution >= 0.6 is 12.2 Å². The Morgan fingerprint density at radius 1 is 1.47 bits per heavy atom. The van der Waals surface area contributed by atoms with Gasteiger partial charge in [-0.15, -0.1) is 0 Å². The summed E-state index contributed by atoms with van der Waals surface area (Å²) in [5.41, 5.74) is 12.6. The molecule has 0 aliphatic rings. The zero-order valence-corrected chi connectivity index (χ0v) is 10.3. The van der Waals surface area contributed by atoms with Crippen molar-refractivity contribution in [2.75, 3.05) is 11.9 Å². The topological polar surface area (TPSA) is 92.6 Å². The second-order valence-corrected chi connectivity index (χ2v) is 4.13. The highest BCUT2D eigenvalue weighted by atomic mass is 32.1. The Kier molecular flexibility index (Phi) is 4.42. The summed E-state index contributed by atoms with van der Waals surface area (Å²) in [7, 11) is 1.76. The lowest BCUT2D eigenvalue weighted by Crippen LogP contribution is -2.32. The molecule has 1 rings (SSSR count). The Bertz CT molecular complexity index is 419. The third-order valence-corrected chi connectivity index (χ3v) is 2.70. The van der Waals surface area contributed by atoms with E-state index >= 15 is 0 Å². The molecule has 0 aliphatic carbocycles. The van der Waals surface area contributed by atoms with Crippen molar-refractivity contribution in [1.82, 2.24) is 0 Å². The van der Waals surface area contributed by atoms with Crippen LogP contribution in [0.2, 0.25) is 0 Å². The number of carboxylic acid groups (broad SMARTS) is 1. The number of carbonyl (C=O) groups is 1. The lowest BCUT2D eigenvalue weighted by molar-refractivity contribution is -0.138. The molecule has 0 radical (unpaired) electrons. The van der Waals surface area contributed by atoms with E-state index in [0.717, 1.165) is 11.3 Å². The molecule has 0 amide bonds. The zero-order chi connectivity index (χ0) is 13.0. The summed E-state index contributed by atoms with van der Waals surface area (Å²) in [5.74, 6) is -1.01. The van der Waals surface area contributed by atoms with Crippen LogP contribution in [0.5, 0.6) is 0 Å². The van der Waals surface area contributed by atoms with E-state index in [2.05, 4.69) is 0 Å². The Labute approximate surface area is 105 Å². The molecule has 0 aromatic heterocycles. The van der Waals surface area contributed by atoms with Gasteiger partial charge in [-0.1, -0.05) is 12.1 Å². The number of hydrogen-bond donors (Lipinski definition) is 3. The normalized spacial score (nSPS) is 11.9. The molecule has 5 nitrogen and oxygen atoms in total. The van der Waals surface area contributed by atoms with Gasteiger partial charge in [0.25, 0.3) is 0 Å². The first-order valence-electron chi connectivity index (χ1n) is 5.02. The molecule has 0 saturated carbocycles. The molecule has 17 heavy (non-hydrogen) atoms. The zero-order valence-electron chi connectivity index (χ0n) is 9.46. The predicted octanol–water partition coefficient (Wildman–Crippen LogP) is 0.321. The standard InChI is InChI=1S/C11H15N3O2S/c1-14(11(13)17)8-4-2-7(3-5-8)6-9(12)10(15)16/h2-5,9H,6,12H2,1H3,(H2,13,17)(H,15,16)/t9-/m0/s1. The van der Waals surface area contributed by atoms with Crippen LogP contribution in [-0.2, 0) is 11.2 Å². The highest BCUT2D eigenvalue weighted by Crippen LogP contribution is 2.14. The van der Waals surface area contributed by atoms with Crippen molar-refractivity contribution in [3.63, 3.8) is 0 Å². The number of nitrogens with zero attached hydrogens (tertiary/aromatic N) is 1. The molecule has 0 spiro atoms. The van der Waals surface area contributed by atoms with Gasteiger partial charge in [0.2, 0.25) is 0 Å². The molecule has 0 fully saturated rings. The average molecular weight is 253 g/mol. The Balaban J connectivity index is 2.75. The van der Waals surface area contributed by atoms with E-state index in [1.807, 2.05) is 24.3 Å². The van der Waals surface area contributed by atoms with Gasteiger partial charge in [-0.2, -0.15) is 0 Å². The van der Waals surface area contributed by atoms with E-state index < -0.39 is 12.0 Å². The van der Waals surface area contributed by atoms with E-state index in [4.69, 9.17) is 28.8 Å². The van der Waals surface area contributed by atoms with E-state index in [0.29, 0.717) is 6.42 Å². The molecule has 1 atom stereocenters. The van der Waals surface area contributed by atoms with E-state index in [-0.39, 0.29) is 5.11 Å². The largest absolute Gasteiger partial charge is 0.480 e. The van der Waals surface area contributed by atoms with Crippen LogP contribution in [-0.4, -0.2) is 29.3 Å². The van der Waals surface area contributed by atoms with Gasteiger partial charge >= 0.3 is 5.97 Å². The number of anilines is 1. The van der Waals surface area contributed by atoms with Gasteiger partial charge in [0, 0.05) is 12.7 Å². The smallest absolute Gasteiger partial charge is 0.320 e. The minimum absolute atomic E-state index is 0.278. The molecular formula is C11H15N3O2S. The first-order chi connectivity index (χ1) is 7.91.